The minimum absolute atomic E-state index is 0.659. The van der Waals surface area contributed by atoms with E-state index in [1.165, 1.54) is 11.9 Å². The zero-order chi connectivity index (χ0) is 11.9. The second kappa shape index (κ2) is 6.00. The van der Waals surface area contributed by atoms with Gasteiger partial charge in [-0.3, -0.25) is 0 Å². The van der Waals surface area contributed by atoms with Crippen molar-refractivity contribution in [2.24, 2.45) is 0 Å². The maximum absolute atomic E-state index is 5.10. The third kappa shape index (κ3) is 3.57. The van der Waals surface area contributed by atoms with Crippen molar-refractivity contribution < 1.29 is 9.26 Å². The molecule has 2 rings (SSSR count). The second-order valence-electron chi connectivity index (χ2n) is 3.61. The van der Waals surface area contributed by atoms with Gasteiger partial charge in [0.2, 0.25) is 5.89 Å². The highest BCUT2D eigenvalue weighted by atomic mass is 16.5. The number of ether oxygens (including phenoxy) is 1. The Kier molecular flexibility index (Phi) is 4.10. The molecular weight excluding hydrogens is 218 g/mol. The van der Waals surface area contributed by atoms with E-state index in [0.29, 0.717) is 5.89 Å². The van der Waals surface area contributed by atoms with E-state index in [1.54, 1.807) is 7.11 Å². The fraction of sp³-hybridized carbons (Fsp3) is 0.333. The van der Waals surface area contributed by atoms with Gasteiger partial charge in [0.1, 0.15) is 5.75 Å². The summed E-state index contributed by atoms with van der Waals surface area (Å²) < 4.78 is 9.99. The van der Waals surface area contributed by atoms with Crippen LogP contribution in [0.2, 0.25) is 0 Å². The Morgan fingerprint density at radius 2 is 2.12 bits per heavy atom. The molecule has 2 aromatic rings. The molecule has 5 heteroatoms. The summed E-state index contributed by atoms with van der Waals surface area (Å²) in [6.07, 6.45) is 2.16. The van der Waals surface area contributed by atoms with Crippen molar-refractivity contribution in [2.45, 2.75) is 13.0 Å². The van der Waals surface area contributed by atoms with E-state index >= 15 is 0 Å². The van der Waals surface area contributed by atoms with Gasteiger partial charge in [0.15, 0.2) is 6.33 Å². The SMILES string of the molecule is COc1ccc(CNCCc2ncno2)cc1. The Morgan fingerprint density at radius 3 is 2.76 bits per heavy atom. The molecule has 0 radical (unpaired) electrons. The molecule has 5 nitrogen and oxygen atoms in total. The van der Waals surface area contributed by atoms with Crippen molar-refractivity contribution in [1.29, 1.82) is 0 Å². The van der Waals surface area contributed by atoms with Gasteiger partial charge in [-0.2, -0.15) is 4.98 Å². The lowest BCUT2D eigenvalue weighted by Gasteiger charge is -2.04. The molecule has 0 aliphatic carbocycles. The molecule has 0 aliphatic heterocycles. The second-order valence-corrected chi connectivity index (χ2v) is 3.61. The van der Waals surface area contributed by atoms with Gasteiger partial charge in [0, 0.05) is 19.5 Å². The molecule has 0 unspecified atom stereocenters. The molecular formula is C12H15N3O2. The van der Waals surface area contributed by atoms with Crippen LogP contribution < -0.4 is 10.1 Å². The molecule has 0 atom stereocenters. The van der Waals surface area contributed by atoms with E-state index in [9.17, 15) is 0 Å². The summed E-state index contributed by atoms with van der Waals surface area (Å²) in [5, 5.41) is 6.86. The molecule has 0 spiro atoms. The van der Waals surface area contributed by atoms with Gasteiger partial charge >= 0.3 is 0 Å². The first kappa shape index (κ1) is 11.6. The Hall–Kier alpha value is -1.88. The summed E-state index contributed by atoms with van der Waals surface area (Å²) in [5.41, 5.74) is 1.22. The maximum atomic E-state index is 5.10. The van der Waals surface area contributed by atoms with Gasteiger partial charge < -0.3 is 14.6 Å². The molecule has 0 saturated heterocycles. The number of nitrogens with one attached hydrogen (secondary N) is 1. The molecule has 1 aromatic heterocycles. The molecule has 1 heterocycles. The highest BCUT2D eigenvalue weighted by Crippen LogP contribution is 2.10. The summed E-state index contributed by atoms with van der Waals surface area (Å²) in [6, 6.07) is 7.99. The number of benzene rings is 1. The summed E-state index contributed by atoms with van der Waals surface area (Å²) >= 11 is 0. The van der Waals surface area contributed by atoms with Crippen molar-refractivity contribution in [3.05, 3.63) is 42.0 Å². The zero-order valence-corrected chi connectivity index (χ0v) is 9.72. The van der Waals surface area contributed by atoms with Gasteiger partial charge in [-0.15, -0.1) is 0 Å². The number of rotatable bonds is 6. The van der Waals surface area contributed by atoms with Crippen LogP contribution in [0.4, 0.5) is 0 Å². The van der Waals surface area contributed by atoms with Crippen LogP contribution in [0, 0.1) is 0 Å². The van der Waals surface area contributed by atoms with E-state index in [0.717, 1.165) is 25.3 Å². The maximum Gasteiger partial charge on any atom is 0.227 e. The van der Waals surface area contributed by atoms with Crippen molar-refractivity contribution in [3.63, 3.8) is 0 Å². The number of aromatic nitrogens is 2. The largest absolute Gasteiger partial charge is 0.497 e. The van der Waals surface area contributed by atoms with E-state index in [1.807, 2.05) is 24.3 Å². The number of methoxy groups -OCH3 is 1. The lowest BCUT2D eigenvalue weighted by atomic mass is 10.2. The van der Waals surface area contributed by atoms with E-state index < -0.39 is 0 Å². The molecule has 0 amide bonds. The summed E-state index contributed by atoms with van der Waals surface area (Å²) in [5.74, 6) is 1.53. The van der Waals surface area contributed by atoms with Crippen LogP contribution in [0.3, 0.4) is 0 Å². The van der Waals surface area contributed by atoms with E-state index in [2.05, 4.69) is 15.5 Å². The quantitative estimate of drug-likeness (QED) is 0.764. The van der Waals surface area contributed by atoms with Crippen molar-refractivity contribution >= 4 is 0 Å². The fourth-order valence-corrected chi connectivity index (χ4v) is 1.48. The Labute approximate surface area is 99.8 Å². The van der Waals surface area contributed by atoms with Crippen LogP contribution in [0.15, 0.2) is 35.1 Å². The fourth-order valence-electron chi connectivity index (χ4n) is 1.48. The first-order chi connectivity index (χ1) is 8.38. The number of hydrogen-bond acceptors (Lipinski definition) is 5. The molecule has 0 bridgehead atoms. The minimum atomic E-state index is 0.659. The van der Waals surface area contributed by atoms with Crippen LogP contribution in [0.1, 0.15) is 11.5 Å². The van der Waals surface area contributed by atoms with Gasteiger partial charge in [-0.25, -0.2) is 0 Å². The van der Waals surface area contributed by atoms with Crippen LogP contribution in [0.25, 0.3) is 0 Å². The molecule has 17 heavy (non-hydrogen) atoms. The lowest BCUT2D eigenvalue weighted by Crippen LogP contribution is -2.16. The topological polar surface area (TPSA) is 60.2 Å². The molecule has 1 aromatic carbocycles. The van der Waals surface area contributed by atoms with Crippen LogP contribution in [0.5, 0.6) is 5.75 Å². The normalized spacial score (nSPS) is 10.4. The average molecular weight is 233 g/mol. The Balaban J connectivity index is 1.70. The van der Waals surface area contributed by atoms with Crippen LogP contribution >= 0.6 is 0 Å². The summed E-state index contributed by atoms with van der Waals surface area (Å²) in [6.45, 7) is 1.63. The van der Waals surface area contributed by atoms with Gasteiger partial charge in [0.25, 0.3) is 0 Å². The third-order valence-electron chi connectivity index (χ3n) is 2.41. The average Bonchev–Trinajstić information content (AvgIpc) is 2.88. The predicted octanol–water partition coefficient (Wildman–Crippen LogP) is 1.41. The van der Waals surface area contributed by atoms with Crippen LogP contribution in [-0.2, 0) is 13.0 Å². The first-order valence-electron chi connectivity index (χ1n) is 5.47. The lowest BCUT2D eigenvalue weighted by molar-refractivity contribution is 0.375. The zero-order valence-electron chi connectivity index (χ0n) is 9.72. The highest BCUT2D eigenvalue weighted by Gasteiger charge is 1.98. The van der Waals surface area contributed by atoms with Gasteiger partial charge in [-0.1, -0.05) is 17.3 Å². The smallest absolute Gasteiger partial charge is 0.227 e. The monoisotopic (exact) mass is 233 g/mol. The van der Waals surface area contributed by atoms with Crippen LogP contribution in [-0.4, -0.2) is 23.8 Å². The molecule has 90 valence electrons. The highest BCUT2D eigenvalue weighted by molar-refractivity contribution is 5.26. The van der Waals surface area contributed by atoms with E-state index in [-0.39, 0.29) is 0 Å². The standard InChI is InChI=1S/C12H15N3O2/c1-16-11-4-2-10(3-5-11)8-13-7-6-12-14-9-15-17-12/h2-5,9,13H,6-8H2,1H3. The van der Waals surface area contributed by atoms with Crippen molar-refractivity contribution in [2.75, 3.05) is 13.7 Å². The minimum Gasteiger partial charge on any atom is -0.497 e. The molecule has 1 N–H and O–H groups in total. The number of nitrogens with zero attached hydrogens (tertiary/aromatic N) is 2. The van der Waals surface area contributed by atoms with E-state index in [4.69, 9.17) is 9.26 Å². The Bertz CT molecular complexity index is 426. The van der Waals surface area contributed by atoms with Gasteiger partial charge in [0.05, 0.1) is 7.11 Å². The summed E-state index contributed by atoms with van der Waals surface area (Å²) in [4.78, 5) is 3.95. The van der Waals surface area contributed by atoms with Crippen molar-refractivity contribution in [1.82, 2.24) is 15.5 Å². The molecule has 0 fully saturated rings. The first-order valence-corrected chi connectivity index (χ1v) is 5.47. The predicted molar refractivity (Wildman–Crippen MR) is 62.7 cm³/mol. The molecule has 0 aliphatic rings. The van der Waals surface area contributed by atoms with Gasteiger partial charge in [-0.05, 0) is 17.7 Å². The van der Waals surface area contributed by atoms with Crippen molar-refractivity contribution in [3.8, 4) is 5.75 Å². The third-order valence-corrected chi connectivity index (χ3v) is 2.41. The summed E-state index contributed by atoms with van der Waals surface area (Å²) in [7, 11) is 1.66. The Morgan fingerprint density at radius 1 is 1.29 bits per heavy atom. The molecule has 0 saturated carbocycles. The number of hydrogen-bond donors (Lipinski definition) is 1.